The van der Waals surface area contributed by atoms with Crippen LogP contribution in [0.5, 0.6) is 0 Å². The molecule has 19 heteroatoms. The molecule has 19 nitrogen and oxygen atoms in total. The van der Waals surface area contributed by atoms with Crippen LogP contribution < -0.4 is 10.6 Å². The highest BCUT2D eigenvalue weighted by atomic mass is 16.6. The van der Waals surface area contributed by atoms with Crippen LogP contribution in [-0.4, -0.2) is 186 Å². The summed E-state index contributed by atoms with van der Waals surface area (Å²) in [6, 6.07) is 3.90. The Balaban J connectivity index is 0.972. The molecule has 0 spiro atoms. The number of rotatable bonds is 41. The van der Waals surface area contributed by atoms with Gasteiger partial charge in [0, 0.05) is 25.1 Å². The number of fused-ring (bicyclic) bond motifs is 1. The molecule has 2 aliphatic heterocycles. The zero-order chi connectivity index (χ0) is 44.3. The maximum Gasteiger partial charge on any atom is 0.305 e. The molecule has 0 saturated carbocycles. The van der Waals surface area contributed by atoms with Gasteiger partial charge in [-0.05, 0) is 25.0 Å². The van der Waals surface area contributed by atoms with Crippen molar-refractivity contribution in [2.75, 3.05) is 151 Å². The summed E-state index contributed by atoms with van der Waals surface area (Å²) in [6.45, 7) is 11.5. The lowest BCUT2D eigenvalue weighted by Gasteiger charge is -2.27. The third-order valence-electron chi connectivity index (χ3n) is 9.35. The van der Waals surface area contributed by atoms with Crippen LogP contribution in [0.25, 0.3) is 0 Å². The van der Waals surface area contributed by atoms with Crippen molar-refractivity contribution in [3.05, 3.63) is 29.3 Å². The number of carbonyl (C=O) groups is 5. The van der Waals surface area contributed by atoms with Crippen LogP contribution in [0.4, 0.5) is 5.69 Å². The predicted octanol–water partition coefficient (Wildman–Crippen LogP) is 2.57. The van der Waals surface area contributed by atoms with Gasteiger partial charge in [-0.3, -0.25) is 34.2 Å². The maximum atomic E-state index is 13.2. The summed E-state index contributed by atoms with van der Waals surface area (Å²) >= 11 is 0. The van der Waals surface area contributed by atoms with Gasteiger partial charge < -0.3 is 57.4 Å². The minimum atomic E-state index is -1.01. The van der Waals surface area contributed by atoms with Crippen LogP contribution in [0.15, 0.2) is 18.2 Å². The molecule has 0 aromatic heterocycles. The smallest absolute Gasteiger partial charge is 0.305 e. The molecular formula is C43H69N3O16. The van der Waals surface area contributed by atoms with Crippen molar-refractivity contribution < 1.29 is 76.1 Å². The average molecular weight is 884 g/mol. The van der Waals surface area contributed by atoms with Crippen molar-refractivity contribution in [1.29, 1.82) is 0 Å². The van der Waals surface area contributed by atoms with Crippen LogP contribution in [0, 0.1) is 0 Å². The Bertz CT molecular complexity index is 1420. The van der Waals surface area contributed by atoms with E-state index in [-0.39, 0.29) is 36.5 Å². The number of hydrogen-bond donors (Lipinski definition) is 2. The van der Waals surface area contributed by atoms with E-state index in [0.29, 0.717) is 151 Å². The molecule has 2 heterocycles. The summed E-state index contributed by atoms with van der Waals surface area (Å²) in [5.41, 5.74) is 0.898. The second-order valence-corrected chi connectivity index (χ2v) is 14.1. The molecule has 1 unspecified atom stereocenters. The van der Waals surface area contributed by atoms with Crippen molar-refractivity contribution in [2.24, 2.45) is 0 Å². The fraction of sp³-hybridized carbons (Fsp3) is 0.744. The zero-order valence-electron chi connectivity index (χ0n) is 36.5. The van der Waals surface area contributed by atoms with E-state index in [9.17, 15) is 24.0 Å². The number of anilines is 1. The van der Waals surface area contributed by atoms with Crippen LogP contribution in [0.3, 0.4) is 0 Å². The number of benzene rings is 1. The molecule has 2 N–H and O–H groups in total. The van der Waals surface area contributed by atoms with Gasteiger partial charge in [0.15, 0.2) is 0 Å². The largest absolute Gasteiger partial charge is 0.463 e. The summed E-state index contributed by atoms with van der Waals surface area (Å²) in [4.78, 5) is 62.6. The monoisotopic (exact) mass is 883 g/mol. The molecule has 0 aliphatic carbocycles. The lowest BCUT2D eigenvalue weighted by atomic mass is 10.0. The molecule has 2 aliphatic rings. The second-order valence-electron chi connectivity index (χ2n) is 14.1. The SMILES string of the molecule is CCCCCCCC(=O)OCCOCCOCCOCCOCCOCCOCCOCCOCCOCCOCCNc1cccc2c1C(=O)N(C1CCC(=O)NC1=O)C2=O. The van der Waals surface area contributed by atoms with Crippen LogP contribution >= 0.6 is 0 Å². The number of hydrogen-bond acceptors (Lipinski definition) is 17. The predicted molar refractivity (Wildman–Crippen MR) is 224 cm³/mol. The quantitative estimate of drug-likeness (QED) is 0.0549. The van der Waals surface area contributed by atoms with Gasteiger partial charge in [0.2, 0.25) is 11.8 Å². The minimum Gasteiger partial charge on any atom is -0.463 e. The summed E-state index contributed by atoms with van der Waals surface area (Å²) < 4.78 is 60.1. The van der Waals surface area contributed by atoms with Crippen LogP contribution in [-0.2, 0) is 66.5 Å². The van der Waals surface area contributed by atoms with Gasteiger partial charge in [0.1, 0.15) is 12.6 Å². The normalized spacial score (nSPS) is 15.0. The Hall–Kier alpha value is -3.63. The average Bonchev–Trinajstić information content (AvgIpc) is 3.52. The summed E-state index contributed by atoms with van der Waals surface area (Å²) in [5.74, 6) is -2.34. The number of amides is 4. The molecule has 1 fully saturated rings. The molecule has 0 radical (unpaired) electrons. The minimum absolute atomic E-state index is 0.0628. The van der Waals surface area contributed by atoms with Gasteiger partial charge in [0.05, 0.1) is 143 Å². The third-order valence-corrected chi connectivity index (χ3v) is 9.35. The molecule has 0 bridgehead atoms. The lowest BCUT2D eigenvalue weighted by molar-refractivity contribution is -0.145. The molecule has 1 saturated heterocycles. The Labute approximate surface area is 365 Å². The van der Waals surface area contributed by atoms with Gasteiger partial charge in [-0.15, -0.1) is 0 Å². The molecule has 4 amide bonds. The van der Waals surface area contributed by atoms with Gasteiger partial charge >= 0.3 is 5.97 Å². The first-order valence-corrected chi connectivity index (χ1v) is 22.0. The fourth-order valence-corrected chi connectivity index (χ4v) is 6.16. The van der Waals surface area contributed by atoms with E-state index in [4.69, 9.17) is 52.1 Å². The zero-order valence-corrected chi connectivity index (χ0v) is 36.5. The number of carbonyl (C=O) groups excluding carboxylic acids is 5. The molecule has 62 heavy (non-hydrogen) atoms. The van der Waals surface area contributed by atoms with Gasteiger partial charge in [-0.1, -0.05) is 38.7 Å². The first kappa shape index (κ1) is 52.7. The molecule has 1 aromatic carbocycles. The Morgan fingerprint density at radius 1 is 0.597 bits per heavy atom. The summed E-state index contributed by atoms with van der Waals surface area (Å²) in [7, 11) is 0. The van der Waals surface area contributed by atoms with Crippen molar-refractivity contribution in [2.45, 2.75) is 64.3 Å². The van der Waals surface area contributed by atoms with Crippen molar-refractivity contribution >= 4 is 35.3 Å². The van der Waals surface area contributed by atoms with Crippen molar-refractivity contribution in [3.8, 4) is 0 Å². The highest BCUT2D eigenvalue weighted by Gasteiger charge is 2.45. The van der Waals surface area contributed by atoms with Crippen LogP contribution in [0.2, 0.25) is 0 Å². The summed E-state index contributed by atoms with van der Waals surface area (Å²) in [5, 5.41) is 5.33. The van der Waals surface area contributed by atoms with Crippen molar-refractivity contribution in [1.82, 2.24) is 10.2 Å². The maximum absolute atomic E-state index is 13.2. The topological polar surface area (TPSA) is 214 Å². The first-order valence-electron chi connectivity index (χ1n) is 22.0. The Morgan fingerprint density at radius 2 is 1.05 bits per heavy atom. The van der Waals surface area contributed by atoms with E-state index in [1.54, 1.807) is 18.2 Å². The van der Waals surface area contributed by atoms with E-state index in [0.717, 1.165) is 17.7 Å². The molecule has 352 valence electrons. The number of nitrogens with one attached hydrogen (secondary N) is 2. The Kier molecular flexibility index (Phi) is 29.6. The van der Waals surface area contributed by atoms with E-state index in [1.807, 2.05) is 0 Å². The molecule has 1 aromatic rings. The molecule has 3 rings (SSSR count). The van der Waals surface area contributed by atoms with Gasteiger partial charge in [-0.2, -0.15) is 0 Å². The highest BCUT2D eigenvalue weighted by molar-refractivity contribution is 6.25. The molecular weight excluding hydrogens is 814 g/mol. The standard InChI is InChI=1S/C43H69N3O16/c1-2-3-4-5-6-10-39(48)62-34-33-61-32-31-60-30-29-59-28-27-58-26-25-57-24-23-56-22-21-55-20-19-54-18-17-53-16-15-52-14-13-44-36-9-7-8-35-40(36)43(51)46(42(35)50)37-11-12-38(47)45-41(37)49/h7-9,37,44H,2-6,10-34H2,1H3,(H,45,47,49). The lowest BCUT2D eigenvalue weighted by Crippen LogP contribution is -2.54. The first-order chi connectivity index (χ1) is 30.4. The van der Waals surface area contributed by atoms with E-state index >= 15 is 0 Å². The number of unbranched alkanes of at least 4 members (excludes halogenated alkanes) is 4. The van der Waals surface area contributed by atoms with Crippen molar-refractivity contribution in [3.63, 3.8) is 0 Å². The van der Waals surface area contributed by atoms with Gasteiger partial charge in [0.25, 0.3) is 11.8 Å². The highest BCUT2D eigenvalue weighted by Crippen LogP contribution is 2.32. The van der Waals surface area contributed by atoms with Crippen LogP contribution in [0.1, 0.15) is 79.0 Å². The Morgan fingerprint density at radius 3 is 1.52 bits per heavy atom. The number of esters is 1. The number of imide groups is 2. The molecule has 1 atom stereocenters. The van der Waals surface area contributed by atoms with E-state index in [2.05, 4.69) is 17.6 Å². The second kappa shape index (κ2) is 34.8. The number of ether oxygens (including phenoxy) is 11. The van der Waals surface area contributed by atoms with E-state index < -0.39 is 29.7 Å². The fourth-order valence-electron chi connectivity index (χ4n) is 6.16. The van der Waals surface area contributed by atoms with Gasteiger partial charge in [-0.25, -0.2) is 0 Å². The summed E-state index contributed by atoms with van der Waals surface area (Å²) in [6.07, 6.45) is 6.17. The van der Waals surface area contributed by atoms with E-state index in [1.165, 1.54) is 19.3 Å². The third kappa shape index (κ3) is 22.6. The number of nitrogens with zero attached hydrogens (tertiary/aromatic N) is 1. The number of piperidine rings is 1.